The lowest BCUT2D eigenvalue weighted by Gasteiger charge is -2.26. The van der Waals surface area contributed by atoms with E-state index in [-0.39, 0.29) is 25.1 Å². The second-order valence-corrected chi connectivity index (χ2v) is 10.8. The quantitative estimate of drug-likeness (QED) is 0.323. The molecular formula is C24H33F2N3O11. The Bertz CT molecular complexity index is 1160. The van der Waals surface area contributed by atoms with Crippen molar-refractivity contribution in [1.82, 2.24) is 9.55 Å². The van der Waals surface area contributed by atoms with Crippen molar-refractivity contribution < 1.29 is 56.7 Å². The summed E-state index contributed by atoms with van der Waals surface area (Å²) >= 11 is 0. The van der Waals surface area contributed by atoms with Gasteiger partial charge in [-0.15, -0.1) is 0 Å². The minimum absolute atomic E-state index is 0.0545. The second-order valence-electron chi connectivity index (χ2n) is 10.8. The Balaban J connectivity index is 2.26. The lowest BCUT2D eigenvalue weighted by Crippen LogP contribution is -2.45. The van der Waals surface area contributed by atoms with Crippen LogP contribution in [0.25, 0.3) is 0 Å². The number of halogens is 2. The first-order valence-electron chi connectivity index (χ1n) is 12.2. The topological polar surface area (TPSA) is 182 Å². The molecule has 0 saturated carbocycles. The van der Waals surface area contributed by atoms with E-state index in [1.165, 1.54) is 20.8 Å². The van der Waals surface area contributed by atoms with E-state index in [0.717, 1.165) is 12.3 Å². The summed E-state index contributed by atoms with van der Waals surface area (Å²) in [6, 6.07) is 1.05. The molecule has 1 aliphatic rings. The summed E-state index contributed by atoms with van der Waals surface area (Å²) in [5.74, 6) is -6.37. The fourth-order valence-electron chi connectivity index (χ4n) is 3.33. The predicted molar refractivity (Wildman–Crippen MR) is 131 cm³/mol. The molecule has 1 aromatic heterocycles. The molecule has 2 rings (SSSR count). The van der Waals surface area contributed by atoms with Gasteiger partial charge in [-0.2, -0.15) is 13.8 Å². The van der Waals surface area contributed by atoms with Crippen LogP contribution in [-0.2, 0) is 33.3 Å². The van der Waals surface area contributed by atoms with Crippen molar-refractivity contribution in [3.05, 3.63) is 22.7 Å². The van der Waals surface area contributed by atoms with Gasteiger partial charge < -0.3 is 28.8 Å². The molecule has 3 atom stereocenters. The maximum absolute atomic E-state index is 15.6. The van der Waals surface area contributed by atoms with Gasteiger partial charge in [0.15, 0.2) is 0 Å². The van der Waals surface area contributed by atoms with Crippen molar-refractivity contribution in [1.29, 1.82) is 0 Å². The average molecular weight is 578 g/mol. The number of carbonyl (C=O) groups is 4. The summed E-state index contributed by atoms with van der Waals surface area (Å²) in [5, 5.41) is 10.9. The van der Waals surface area contributed by atoms with Gasteiger partial charge in [-0.05, 0) is 54.0 Å². The summed E-state index contributed by atoms with van der Waals surface area (Å²) in [6.45, 7) is 8.45. The highest BCUT2D eigenvalue weighted by atomic mass is 19.3. The van der Waals surface area contributed by atoms with Crippen molar-refractivity contribution in [2.45, 2.75) is 96.4 Å². The molecule has 14 nitrogen and oxygen atoms in total. The van der Waals surface area contributed by atoms with E-state index in [1.54, 1.807) is 20.8 Å². The molecule has 2 heterocycles. The highest BCUT2D eigenvalue weighted by molar-refractivity contribution is 5.83. The number of ether oxygens (including phenoxy) is 5. The number of rotatable bonds is 9. The number of anilines is 1. The molecule has 224 valence electrons. The van der Waals surface area contributed by atoms with E-state index in [4.69, 9.17) is 28.8 Å². The Morgan fingerprint density at radius 1 is 1.10 bits per heavy atom. The molecule has 1 aliphatic heterocycles. The van der Waals surface area contributed by atoms with Crippen molar-refractivity contribution in [3.63, 3.8) is 0 Å². The van der Waals surface area contributed by atoms with Gasteiger partial charge in [-0.3, -0.25) is 19.5 Å². The lowest BCUT2D eigenvalue weighted by atomic mass is 10.1. The Labute approximate surface area is 227 Å². The summed E-state index contributed by atoms with van der Waals surface area (Å²) in [6.07, 6.45) is -8.65. The maximum atomic E-state index is 15.6. The molecule has 0 radical (unpaired) electrons. The third kappa shape index (κ3) is 9.73. The molecule has 1 amide bonds. The number of hydrogen-bond acceptors (Lipinski definition) is 11. The molecule has 0 aromatic carbocycles. The summed E-state index contributed by atoms with van der Waals surface area (Å²) in [4.78, 5) is 62.9. The van der Waals surface area contributed by atoms with Crippen LogP contribution in [0.3, 0.4) is 0 Å². The van der Waals surface area contributed by atoms with Crippen LogP contribution >= 0.6 is 0 Å². The number of amides is 1. The fraction of sp³-hybridized carbons (Fsp3) is 0.667. The number of alkyl halides is 2. The number of carboxylic acid groups (broad SMARTS) is 1. The Morgan fingerprint density at radius 3 is 2.27 bits per heavy atom. The molecule has 1 fully saturated rings. The molecule has 0 aliphatic carbocycles. The molecule has 40 heavy (non-hydrogen) atoms. The van der Waals surface area contributed by atoms with Gasteiger partial charge >= 0.3 is 35.8 Å². The zero-order valence-electron chi connectivity index (χ0n) is 22.9. The number of esters is 1. The van der Waals surface area contributed by atoms with Crippen LogP contribution < -0.4 is 11.0 Å². The third-order valence-corrected chi connectivity index (χ3v) is 4.85. The summed E-state index contributed by atoms with van der Waals surface area (Å²) in [7, 11) is 0. The molecule has 1 unspecified atom stereocenters. The van der Waals surface area contributed by atoms with Crippen molar-refractivity contribution >= 4 is 30.0 Å². The highest BCUT2D eigenvalue weighted by Gasteiger charge is 2.63. The minimum atomic E-state index is -4.05. The summed E-state index contributed by atoms with van der Waals surface area (Å²) < 4.78 is 56.7. The predicted octanol–water partition coefficient (Wildman–Crippen LogP) is 3.24. The van der Waals surface area contributed by atoms with Gasteiger partial charge in [0, 0.05) is 19.0 Å². The van der Waals surface area contributed by atoms with Gasteiger partial charge in [-0.1, -0.05) is 0 Å². The normalized spacial score (nSPS) is 20.4. The van der Waals surface area contributed by atoms with Crippen molar-refractivity contribution in [2.75, 3.05) is 11.9 Å². The maximum Gasteiger partial charge on any atom is 0.509 e. The second kappa shape index (κ2) is 12.6. The van der Waals surface area contributed by atoms with E-state index in [0.29, 0.717) is 4.57 Å². The van der Waals surface area contributed by atoms with Crippen LogP contribution in [0, 0.1) is 0 Å². The Hall–Kier alpha value is -3.82. The van der Waals surface area contributed by atoms with Gasteiger partial charge in [0.05, 0.1) is 0 Å². The Kier molecular flexibility index (Phi) is 10.2. The van der Waals surface area contributed by atoms with Crippen LogP contribution in [0.15, 0.2) is 17.1 Å². The first kappa shape index (κ1) is 32.4. The molecule has 2 N–H and O–H groups in total. The number of nitrogens with one attached hydrogen (secondary N) is 1. The zero-order valence-corrected chi connectivity index (χ0v) is 22.9. The third-order valence-electron chi connectivity index (χ3n) is 4.85. The van der Waals surface area contributed by atoms with E-state index in [2.05, 4.69) is 10.3 Å². The highest BCUT2D eigenvalue weighted by Crippen LogP contribution is 2.44. The largest absolute Gasteiger partial charge is 0.509 e. The van der Waals surface area contributed by atoms with Gasteiger partial charge in [0.1, 0.15) is 29.7 Å². The van der Waals surface area contributed by atoms with E-state index in [9.17, 15) is 24.0 Å². The van der Waals surface area contributed by atoms with Gasteiger partial charge in [0.2, 0.25) is 12.3 Å². The van der Waals surface area contributed by atoms with Crippen LogP contribution in [0.2, 0.25) is 0 Å². The number of aliphatic carboxylic acids is 1. The SMILES string of the molecule is CC(C)(C)OC(=O)Nc1ccn([C@@H]2O[C@H](COC(=O)CCCC(=O)O)C(OC(=O)OC(C)(C)C)C2(F)F)c(=O)n1. The number of nitrogens with zero attached hydrogens (tertiary/aromatic N) is 2. The van der Waals surface area contributed by atoms with Gasteiger partial charge in [-0.25, -0.2) is 14.4 Å². The van der Waals surface area contributed by atoms with Crippen LogP contribution in [-0.4, -0.2) is 74.8 Å². The van der Waals surface area contributed by atoms with Crippen molar-refractivity contribution in [3.8, 4) is 0 Å². The standard InChI is InChI=1S/C24H33F2N3O11/c1-22(2,3)39-20(34)28-14-10-11-29(19(33)27-14)18-24(25,26)17(38-21(35)40-23(4,5)6)13(37-18)12-36-16(32)9-7-8-15(30)31/h10-11,13,17-18H,7-9,12H2,1-6H3,(H,30,31)(H,27,28,33,34)/t13-,17?,18-/m1/s1. The first-order chi connectivity index (χ1) is 18.3. The lowest BCUT2D eigenvalue weighted by molar-refractivity contribution is -0.150. The molecular weight excluding hydrogens is 544 g/mol. The van der Waals surface area contributed by atoms with E-state index in [1.807, 2.05) is 0 Å². The van der Waals surface area contributed by atoms with Crippen LogP contribution in [0.4, 0.5) is 24.2 Å². The monoisotopic (exact) mass is 577 g/mol. The fourth-order valence-corrected chi connectivity index (χ4v) is 3.33. The van der Waals surface area contributed by atoms with E-state index < -0.39 is 72.0 Å². The molecule has 1 saturated heterocycles. The van der Waals surface area contributed by atoms with Crippen molar-refractivity contribution in [2.24, 2.45) is 0 Å². The molecule has 1 aromatic rings. The first-order valence-corrected chi connectivity index (χ1v) is 12.2. The van der Waals surface area contributed by atoms with Gasteiger partial charge in [0.25, 0.3) is 0 Å². The number of aromatic nitrogens is 2. The van der Waals surface area contributed by atoms with E-state index >= 15 is 8.78 Å². The minimum Gasteiger partial charge on any atom is -0.481 e. The Morgan fingerprint density at radius 2 is 1.73 bits per heavy atom. The average Bonchev–Trinajstić information content (AvgIpc) is 2.99. The zero-order chi connectivity index (χ0) is 30.5. The molecule has 0 spiro atoms. The molecule has 0 bridgehead atoms. The number of hydrogen-bond donors (Lipinski definition) is 2. The van der Waals surface area contributed by atoms with Crippen LogP contribution in [0.1, 0.15) is 67.0 Å². The smallest absolute Gasteiger partial charge is 0.481 e. The number of carboxylic acids is 1. The van der Waals surface area contributed by atoms with Crippen LogP contribution in [0.5, 0.6) is 0 Å². The number of carbonyl (C=O) groups excluding carboxylic acids is 3. The molecule has 16 heteroatoms. The summed E-state index contributed by atoms with van der Waals surface area (Å²) in [5.41, 5.74) is -3.19.